The molecule has 0 saturated carbocycles. The summed E-state index contributed by atoms with van der Waals surface area (Å²) in [5.74, 6) is 0.610. The van der Waals surface area contributed by atoms with Gasteiger partial charge in [-0.3, -0.25) is 0 Å². The molecule has 2 rings (SSSR count). The topological polar surface area (TPSA) is 21.3 Å². The van der Waals surface area contributed by atoms with E-state index in [1.165, 1.54) is 8.66 Å². The maximum atomic E-state index is 5.52. The van der Waals surface area contributed by atoms with Crippen molar-refractivity contribution >= 4 is 43.2 Å². The number of halogens is 2. The molecule has 1 saturated heterocycles. The molecule has 96 valence electrons. The SMILES string of the molecule is CCCNC(c1cc(Br)c(Br)s1)C1CCOC1. The average Bonchev–Trinajstić information content (AvgIpc) is 2.92. The van der Waals surface area contributed by atoms with E-state index >= 15 is 0 Å². The molecule has 0 bridgehead atoms. The Morgan fingerprint density at radius 3 is 2.94 bits per heavy atom. The van der Waals surface area contributed by atoms with E-state index in [0.29, 0.717) is 12.0 Å². The van der Waals surface area contributed by atoms with E-state index in [1.807, 2.05) is 11.3 Å². The Labute approximate surface area is 123 Å². The van der Waals surface area contributed by atoms with Crippen molar-refractivity contribution in [2.24, 2.45) is 5.92 Å². The third-order valence-corrected chi connectivity index (χ3v) is 6.36. The molecule has 2 heterocycles. The molecule has 1 aliphatic rings. The fraction of sp³-hybridized carbons (Fsp3) is 0.667. The maximum absolute atomic E-state index is 5.52. The van der Waals surface area contributed by atoms with E-state index in [4.69, 9.17) is 4.74 Å². The van der Waals surface area contributed by atoms with E-state index < -0.39 is 0 Å². The Bertz CT molecular complexity index is 344. The van der Waals surface area contributed by atoms with Crippen LogP contribution in [0.25, 0.3) is 0 Å². The van der Waals surface area contributed by atoms with Gasteiger partial charge in [0.25, 0.3) is 0 Å². The predicted octanol–water partition coefficient (Wildman–Crippen LogP) is 4.35. The van der Waals surface area contributed by atoms with Crippen molar-refractivity contribution in [3.05, 3.63) is 19.2 Å². The van der Waals surface area contributed by atoms with Crippen LogP contribution in [0, 0.1) is 5.92 Å². The molecule has 0 amide bonds. The van der Waals surface area contributed by atoms with Gasteiger partial charge in [-0.1, -0.05) is 6.92 Å². The van der Waals surface area contributed by atoms with Crippen molar-refractivity contribution in [2.75, 3.05) is 19.8 Å². The molecular weight excluding hydrogens is 366 g/mol. The molecule has 0 aromatic carbocycles. The molecule has 0 aliphatic carbocycles. The second kappa shape index (κ2) is 6.66. The standard InChI is InChI=1S/C12H17Br2NOS/c1-2-4-15-11(8-3-5-16-7-8)10-6-9(13)12(14)17-10/h6,8,11,15H,2-5,7H2,1H3. The van der Waals surface area contributed by atoms with Crippen LogP contribution in [0.4, 0.5) is 0 Å². The van der Waals surface area contributed by atoms with Crippen molar-refractivity contribution in [3.8, 4) is 0 Å². The second-order valence-corrected chi connectivity index (χ2v) is 7.58. The molecule has 1 aromatic heterocycles. The first kappa shape index (κ1) is 14.0. The number of nitrogens with one attached hydrogen (secondary N) is 1. The Morgan fingerprint density at radius 2 is 2.41 bits per heavy atom. The van der Waals surface area contributed by atoms with Gasteiger partial charge in [0.05, 0.1) is 10.4 Å². The van der Waals surface area contributed by atoms with Crippen LogP contribution in [-0.2, 0) is 4.74 Å². The zero-order valence-corrected chi connectivity index (χ0v) is 13.8. The second-order valence-electron chi connectivity index (χ2n) is 4.33. The van der Waals surface area contributed by atoms with Crippen LogP contribution < -0.4 is 5.32 Å². The molecule has 0 spiro atoms. The summed E-state index contributed by atoms with van der Waals surface area (Å²) in [6, 6.07) is 2.66. The van der Waals surface area contributed by atoms with Crippen LogP contribution in [0.15, 0.2) is 14.3 Å². The zero-order valence-electron chi connectivity index (χ0n) is 9.84. The van der Waals surface area contributed by atoms with Gasteiger partial charge in [-0.05, 0) is 57.3 Å². The Morgan fingerprint density at radius 1 is 1.59 bits per heavy atom. The van der Waals surface area contributed by atoms with Crippen LogP contribution in [0.3, 0.4) is 0 Å². The molecule has 1 fully saturated rings. The Hall–Kier alpha value is 0.580. The summed E-state index contributed by atoms with van der Waals surface area (Å²) in [5, 5.41) is 3.66. The molecule has 0 radical (unpaired) electrons. The molecule has 1 N–H and O–H groups in total. The minimum absolute atomic E-state index is 0.435. The van der Waals surface area contributed by atoms with Gasteiger partial charge in [0.1, 0.15) is 0 Å². The van der Waals surface area contributed by atoms with Crippen LogP contribution in [0.1, 0.15) is 30.7 Å². The van der Waals surface area contributed by atoms with E-state index in [1.54, 1.807) is 0 Å². The monoisotopic (exact) mass is 381 g/mol. The van der Waals surface area contributed by atoms with E-state index in [-0.39, 0.29) is 0 Å². The molecular formula is C12H17Br2NOS. The normalized spacial score (nSPS) is 21.9. The van der Waals surface area contributed by atoms with Gasteiger partial charge < -0.3 is 10.1 Å². The zero-order chi connectivity index (χ0) is 12.3. The summed E-state index contributed by atoms with van der Waals surface area (Å²) in [6.45, 7) is 5.06. The highest BCUT2D eigenvalue weighted by Crippen LogP contribution is 2.39. The van der Waals surface area contributed by atoms with Gasteiger partial charge in [-0.15, -0.1) is 11.3 Å². The lowest BCUT2D eigenvalue weighted by Crippen LogP contribution is -2.28. The first-order valence-corrected chi connectivity index (χ1v) is 8.38. The highest BCUT2D eigenvalue weighted by Gasteiger charge is 2.28. The van der Waals surface area contributed by atoms with Crippen molar-refractivity contribution in [1.29, 1.82) is 0 Å². The van der Waals surface area contributed by atoms with Gasteiger partial charge in [-0.25, -0.2) is 0 Å². The fourth-order valence-corrected chi connectivity index (χ4v) is 4.39. The molecule has 2 unspecified atom stereocenters. The van der Waals surface area contributed by atoms with Crippen LogP contribution >= 0.6 is 43.2 Å². The van der Waals surface area contributed by atoms with Crippen molar-refractivity contribution in [2.45, 2.75) is 25.8 Å². The summed E-state index contributed by atoms with van der Waals surface area (Å²) in [6.07, 6.45) is 2.33. The molecule has 1 aliphatic heterocycles. The lowest BCUT2D eigenvalue weighted by molar-refractivity contribution is 0.177. The quantitative estimate of drug-likeness (QED) is 0.817. The first-order valence-electron chi connectivity index (χ1n) is 5.98. The van der Waals surface area contributed by atoms with Gasteiger partial charge in [0.15, 0.2) is 0 Å². The largest absolute Gasteiger partial charge is 0.381 e. The molecule has 2 nitrogen and oxygen atoms in total. The highest BCUT2D eigenvalue weighted by atomic mass is 79.9. The number of hydrogen-bond donors (Lipinski definition) is 1. The van der Waals surface area contributed by atoms with Gasteiger partial charge in [0.2, 0.25) is 0 Å². The van der Waals surface area contributed by atoms with Crippen LogP contribution in [0.5, 0.6) is 0 Å². The van der Waals surface area contributed by atoms with E-state index in [2.05, 4.69) is 50.2 Å². The van der Waals surface area contributed by atoms with Crippen molar-refractivity contribution in [1.82, 2.24) is 5.32 Å². The minimum Gasteiger partial charge on any atom is -0.381 e. The molecule has 1 aromatic rings. The lowest BCUT2D eigenvalue weighted by Gasteiger charge is -2.22. The molecule has 5 heteroatoms. The smallest absolute Gasteiger partial charge is 0.0843 e. The predicted molar refractivity (Wildman–Crippen MR) is 79.7 cm³/mol. The highest BCUT2D eigenvalue weighted by molar-refractivity contribution is 9.13. The summed E-state index contributed by atoms with van der Waals surface area (Å²) < 4.78 is 7.85. The van der Waals surface area contributed by atoms with Crippen molar-refractivity contribution < 1.29 is 4.74 Å². The van der Waals surface area contributed by atoms with Gasteiger partial charge in [-0.2, -0.15) is 0 Å². The Balaban J connectivity index is 2.13. The molecule has 17 heavy (non-hydrogen) atoms. The summed E-state index contributed by atoms with van der Waals surface area (Å²) in [4.78, 5) is 1.40. The summed E-state index contributed by atoms with van der Waals surface area (Å²) in [7, 11) is 0. The van der Waals surface area contributed by atoms with Crippen LogP contribution in [0.2, 0.25) is 0 Å². The van der Waals surface area contributed by atoms with Gasteiger partial charge in [0, 0.05) is 27.9 Å². The summed E-state index contributed by atoms with van der Waals surface area (Å²) >= 11 is 8.95. The lowest BCUT2D eigenvalue weighted by atomic mass is 9.97. The first-order chi connectivity index (χ1) is 8.22. The minimum atomic E-state index is 0.435. The Kier molecular flexibility index (Phi) is 5.49. The van der Waals surface area contributed by atoms with Crippen molar-refractivity contribution in [3.63, 3.8) is 0 Å². The fourth-order valence-electron chi connectivity index (χ4n) is 2.13. The third-order valence-electron chi connectivity index (χ3n) is 3.02. The number of hydrogen-bond acceptors (Lipinski definition) is 3. The number of ether oxygens (including phenoxy) is 1. The van der Waals surface area contributed by atoms with E-state index in [9.17, 15) is 0 Å². The number of thiophene rings is 1. The number of rotatable bonds is 5. The summed E-state index contributed by atoms with van der Waals surface area (Å²) in [5.41, 5.74) is 0. The third kappa shape index (κ3) is 3.53. The van der Waals surface area contributed by atoms with E-state index in [0.717, 1.165) is 37.1 Å². The molecule has 2 atom stereocenters. The van der Waals surface area contributed by atoms with Gasteiger partial charge >= 0.3 is 0 Å². The van der Waals surface area contributed by atoms with Crippen LogP contribution in [-0.4, -0.2) is 19.8 Å². The maximum Gasteiger partial charge on any atom is 0.0843 e. The average molecular weight is 383 g/mol.